The predicted octanol–water partition coefficient (Wildman–Crippen LogP) is 1.71. The molecule has 0 aliphatic rings. The van der Waals surface area contributed by atoms with Gasteiger partial charge in [-0.2, -0.15) is 0 Å². The van der Waals surface area contributed by atoms with E-state index < -0.39 is 14.8 Å². The van der Waals surface area contributed by atoms with Crippen molar-refractivity contribution >= 4 is 14.8 Å². The standard InChI is InChI=1S/C10H21O5Si/c1-4-13-16(14-5-2,15-6-3)9-7-8-10(11)12/h7H,4-6,8-9H2,1-3H3,(H,11,12). The van der Waals surface area contributed by atoms with Gasteiger partial charge in [-0.1, -0.05) is 0 Å². The van der Waals surface area contributed by atoms with Crippen LogP contribution in [0.2, 0.25) is 6.04 Å². The van der Waals surface area contributed by atoms with Crippen LogP contribution in [0, 0.1) is 6.42 Å². The first-order chi connectivity index (χ1) is 7.60. The average molecular weight is 249 g/mol. The van der Waals surface area contributed by atoms with Crippen LogP contribution in [0.15, 0.2) is 0 Å². The molecule has 95 valence electrons. The summed E-state index contributed by atoms with van der Waals surface area (Å²) in [7, 11) is -2.68. The Balaban J connectivity index is 4.28. The summed E-state index contributed by atoms with van der Waals surface area (Å²) in [6.07, 6.45) is 1.65. The van der Waals surface area contributed by atoms with E-state index in [0.717, 1.165) is 0 Å². The highest BCUT2D eigenvalue weighted by atomic mass is 28.4. The quantitative estimate of drug-likeness (QED) is 0.597. The zero-order chi connectivity index (χ0) is 12.4. The molecule has 0 rings (SSSR count). The van der Waals surface area contributed by atoms with Crippen molar-refractivity contribution in [3.63, 3.8) is 0 Å². The first-order valence-corrected chi connectivity index (χ1v) is 7.48. The molecule has 16 heavy (non-hydrogen) atoms. The van der Waals surface area contributed by atoms with E-state index >= 15 is 0 Å². The smallest absolute Gasteiger partial charge is 0.481 e. The van der Waals surface area contributed by atoms with Crippen molar-refractivity contribution in [2.75, 3.05) is 19.8 Å². The lowest BCUT2D eigenvalue weighted by molar-refractivity contribution is -0.136. The Labute approximate surface area is 98.1 Å². The number of carboxylic acid groups (broad SMARTS) is 1. The van der Waals surface area contributed by atoms with Crippen LogP contribution >= 0.6 is 0 Å². The normalized spacial score (nSPS) is 11.7. The first kappa shape index (κ1) is 15.6. The Morgan fingerprint density at radius 3 is 1.88 bits per heavy atom. The fraction of sp³-hybridized carbons (Fsp3) is 0.800. The van der Waals surface area contributed by atoms with E-state index in [4.69, 9.17) is 18.4 Å². The number of carbonyl (C=O) groups is 1. The summed E-state index contributed by atoms with van der Waals surface area (Å²) in [5.41, 5.74) is 0. The maximum atomic E-state index is 10.4. The Morgan fingerprint density at radius 1 is 1.12 bits per heavy atom. The van der Waals surface area contributed by atoms with Gasteiger partial charge in [-0.15, -0.1) is 0 Å². The zero-order valence-electron chi connectivity index (χ0n) is 10.2. The van der Waals surface area contributed by atoms with E-state index in [9.17, 15) is 4.79 Å². The molecule has 0 unspecified atom stereocenters. The molecule has 0 aromatic carbocycles. The van der Waals surface area contributed by atoms with Gasteiger partial charge < -0.3 is 18.4 Å². The van der Waals surface area contributed by atoms with Gasteiger partial charge in [0.25, 0.3) is 0 Å². The second kappa shape index (κ2) is 8.69. The van der Waals surface area contributed by atoms with Crippen LogP contribution in [0.1, 0.15) is 27.2 Å². The van der Waals surface area contributed by atoms with Gasteiger partial charge in [0.2, 0.25) is 0 Å². The molecular weight excluding hydrogens is 228 g/mol. The van der Waals surface area contributed by atoms with Crippen molar-refractivity contribution in [3.05, 3.63) is 6.42 Å². The van der Waals surface area contributed by atoms with Gasteiger partial charge >= 0.3 is 14.8 Å². The van der Waals surface area contributed by atoms with Gasteiger partial charge in [-0.05, 0) is 27.2 Å². The highest BCUT2D eigenvalue weighted by Gasteiger charge is 2.39. The predicted molar refractivity (Wildman–Crippen MR) is 62.0 cm³/mol. The third kappa shape index (κ3) is 6.22. The summed E-state index contributed by atoms with van der Waals surface area (Å²) in [6.45, 7) is 7.14. The van der Waals surface area contributed by atoms with Gasteiger partial charge in [0.15, 0.2) is 0 Å². The largest absolute Gasteiger partial charge is 0.501 e. The second-order valence-electron chi connectivity index (χ2n) is 3.07. The lowest BCUT2D eigenvalue weighted by Crippen LogP contribution is -2.46. The Hall–Kier alpha value is -0.433. The summed E-state index contributed by atoms with van der Waals surface area (Å²) in [4.78, 5) is 10.4. The van der Waals surface area contributed by atoms with Gasteiger partial charge in [0.05, 0.1) is 0 Å². The molecule has 6 heteroatoms. The minimum absolute atomic E-state index is 0.00196. The summed E-state index contributed by atoms with van der Waals surface area (Å²) in [6, 6.07) is 0.439. The van der Waals surface area contributed by atoms with Crippen molar-refractivity contribution < 1.29 is 23.2 Å². The van der Waals surface area contributed by atoms with Crippen LogP contribution in [0.3, 0.4) is 0 Å². The average Bonchev–Trinajstić information content (AvgIpc) is 2.18. The van der Waals surface area contributed by atoms with Crippen molar-refractivity contribution in [1.82, 2.24) is 0 Å². The van der Waals surface area contributed by atoms with Gasteiger partial charge in [0, 0.05) is 32.3 Å². The van der Waals surface area contributed by atoms with E-state index in [1.54, 1.807) is 6.42 Å². The Morgan fingerprint density at radius 2 is 1.56 bits per heavy atom. The van der Waals surface area contributed by atoms with Crippen LogP contribution in [-0.2, 0) is 18.1 Å². The fourth-order valence-electron chi connectivity index (χ4n) is 1.33. The zero-order valence-corrected chi connectivity index (χ0v) is 11.2. The first-order valence-electron chi connectivity index (χ1n) is 5.55. The molecule has 0 heterocycles. The van der Waals surface area contributed by atoms with E-state index in [1.807, 2.05) is 20.8 Å². The van der Waals surface area contributed by atoms with Crippen molar-refractivity contribution in [1.29, 1.82) is 0 Å². The third-order valence-corrected chi connectivity index (χ3v) is 4.78. The summed E-state index contributed by atoms with van der Waals surface area (Å²) >= 11 is 0. The summed E-state index contributed by atoms with van der Waals surface area (Å²) in [5, 5.41) is 8.56. The maximum Gasteiger partial charge on any atom is 0.501 e. The van der Waals surface area contributed by atoms with Crippen molar-refractivity contribution in [3.8, 4) is 0 Å². The maximum absolute atomic E-state index is 10.4. The minimum Gasteiger partial charge on any atom is -0.481 e. The number of rotatable bonds is 10. The fourth-order valence-corrected chi connectivity index (χ4v) is 3.75. The number of hydrogen-bond donors (Lipinski definition) is 1. The van der Waals surface area contributed by atoms with Gasteiger partial charge in [0.1, 0.15) is 0 Å². The molecule has 1 radical (unpaired) electrons. The van der Waals surface area contributed by atoms with E-state index in [-0.39, 0.29) is 6.42 Å². The topological polar surface area (TPSA) is 65.0 Å². The highest BCUT2D eigenvalue weighted by molar-refractivity contribution is 6.61. The highest BCUT2D eigenvalue weighted by Crippen LogP contribution is 2.18. The molecule has 0 aliphatic heterocycles. The molecular formula is C10H21O5Si. The SMILES string of the molecule is CCO[Si](C[CH]CC(=O)O)(OCC)OCC. The van der Waals surface area contributed by atoms with Crippen molar-refractivity contribution in [2.24, 2.45) is 0 Å². The van der Waals surface area contributed by atoms with E-state index in [0.29, 0.717) is 25.9 Å². The monoisotopic (exact) mass is 249 g/mol. The van der Waals surface area contributed by atoms with Crippen LogP contribution in [0.4, 0.5) is 0 Å². The Bertz CT molecular complexity index is 181. The van der Waals surface area contributed by atoms with Crippen LogP contribution in [0.5, 0.6) is 0 Å². The van der Waals surface area contributed by atoms with Gasteiger partial charge in [-0.25, -0.2) is 0 Å². The van der Waals surface area contributed by atoms with Crippen molar-refractivity contribution in [2.45, 2.75) is 33.2 Å². The molecule has 0 aromatic heterocycles. The van der Waals surface area contributed by atoms with Gasteiger partial charge in [-0.3, -0.25) is 4.79 Å². The molecule has 0 bridgehead atoms. The summed E-state index contributed by atoms with van der Waals surface area (Å²) < 4.78 is 16.7. The molecule has 5 nitrogen and oxygen atoms in total. The number of aliphatic carboxylic acids is 1. The van der Waals surface area contributed by atoms with Crippen LogP contribution in [-0.4, -0.2) is 39.7 Å². The lowest BCUT2D eigenvalue weighted by atomic mass is 10.3. The third-order valence-electron chi connectivity index (χ3n) is 1.81. The Kier molecular flexibility index (Phi) is 8.45. The second-order valence-corrected chi connectivity index (χ2v) is 5.71. The molecule has 0 saturated heterocycles. The number of hydrogen-bond acceptors (Lipinski definition) is 4. The molecule has 0 fully saturated rings. The summed E-state index contributed by atoms with van der Waals surface area (Å²) in [5.74, 6) is -0.854. The minimum atomic E-state index is -2.68. The molecule has 1 N–H and O–H groups in total. The van der Waals surface area contributed by atoms with Crippen LogP contribution in [0.25, 0.3) is 0 Å². The molecule has 0 spiro atoms. The van der Waals surface area contributed by atoms with E-state index in [2.05, 4.69) is 0 Å². The molecule has 0 amide bonds. The molecule has 0 atom stereocenters. The van der Waals surface area contributed by atoms with E-state index in [1.165, 1.54) is 0 Å². The lowest BCUT2D eigenvalue weighted by Gasteiger charge is -2.28. The molecule has 0 aliphatic carbocycles. The number of carboxylic acids is 1. The van der Waals surface area contributed by atoms with Crippen LogP contribution < -0.4 is 0 Å². The molecule has 0 aromatic rings. The molecule has 0 saturated carbocycles.